The summed E-state index contributed by atoms with van der Waals surface area (Å²) in [7, 11) is 0. The van der Waals surface area contributed by atoms with Crippen molar-refractivity contribution in [2.75, 3.05) is 6.54 Å². The lowest BCUT2D eigenvalue weighted by Gasteiger charge is -2.22. The topological polar surface area (TPSA) is 70.6 Å². The van der Waals surface area contributed by atoms with Crippen LogP contribution < -0.4 is 11.1 Å². The van der Waals surface area contributed by atoms with Gasteiger partial charge in [0.25, 0.3) is 0 Å². The van der Waals surface area contributed by atoms with Crippen LogP contribution in [-0.2, 0) is 6.54 Å². The number of hydrogen-bond donors (Lipinski definition) is 3. The predicted molar refractivity (Wildman–Crippen MR) is 77.7 cm³/mol. The van der Waals surface area contributed by atoms with Crippen LogP contribution >= 0.6 is 15.9 Å². The third-order valence-corrected chi connectivity index (χ3v) is 3.50. The molecule has 100 valence electrons. The van der Waals surface area contributed by atoms with E-state index in [9.17, 15) is 0 Å². The van der Waals surface area contributed by atoms with Gasteiger partial charge in [0, 0.05) is 16.4 Å². The third-order valence-electron chi connectivity index (χ3n) is 2.97. The Bertz CT molecular complexity index is 401. The first-order chi connectivity index (χ1) is 8.45. The lowest BCUT2D eigenvalue weighted by atomic mass is 9.88. The summed E-state index contributed by atoms with van der Waals surface area (Å²) in [5.41, 5.74) is 6.57. The number of amidine groups is 1. The van der Waals surface area contributed by atoms with Gasteiger partial charge in [0.05, 0.1) is 0 Å². The van der Waals surface area contributed by atoms with Crippen molar-refractivity contribution in [3.63, 3.8) is 0 Å². The number of oxime groups is 1. The average Bonchev–Trinajstić information content (AvgIpc) is 2.35. The van der Waals surface area contributed by atoms with Crippen LogP contribution in [0, 0.1) is 5.41 Å². The minimum Gasteiger partial charge on any atom is -0.409 e. The summed E-state index contributed by atoms with van der Waals surface area (Å²) < 4.78 is 1.08. The first-order valence-electron chi connectivity index (χ1n) is 5.89. The van der Waals surface area contributed by atoms with E-state index in [-0.39, 0.29) is 11.3 Å². The summed E-state index contributed by atoms with van der Waals surface area (Å²) >= 11 is 3.41. The van der Waals surface area contributed by atoms with Crippen LogP contribution in [0.3, 0.4) is 0 Å². The molecule has 4 nitrogen and oxygen atoms in total. The third kappa shape index (κ3) is 4.66. The Morgan fingerprint density at radius 1 is 1.39 bits per heavy atom. The van der Waals surface area contributed by atoms with Crippen molar-refractivity contribution >= 4 is 21.8 Å². The molecule has 0 fully saturated rings. The van der Waals surface area contributed by atoms with E-state index in [1.54, 1.807) is 0 Å². The SMILES string of the molecule is CC(C)(CCNCc1ccc(Br)cc1)C(N)=NO. The molecule has 0 heterocycles. The van der Waals surface area contributed by atoms with E-state index in [1.165, 1.54) is 5.56 Å². The lowest BCUT2D eigenvalue weighted by Crippen LogP contribution is -2.34. The molecular formula is C13H20BrN3O. The fourth-order valence-electron chi connectivity index (χ4n) is 1.50. The molecule has 0 aliphatic rings. The van der Waals surface area contributed by atoms with Crippen LogP contribution in [0.25, 0.3) is 0 Å². The van der Waals surface area contributed by atoms with Crippen molar-refractivity contribution in [3.05, 3.63) is 34.3 Å². The quantitative estimate of drug-likeness (QED) is 0.249. The van der Waals surface area contributed by atoms with Gasteiger partial charge in [-0.1, -0.05) is 47.1 Å². The van der Waals surface area contributed by atoms with Gasteiger partial charge in [-0.25, -0.2) is 0 Å². The number of nitrogens with one attached hydrogen (secondary N) is 1. The first kappa shape index (κ1) is 15.0. The molecule has 1 aromatic rings. The van der Waals surface area contributed by atoms with E-state index in [0.717, 1.165) is 24.0 Å². The number of nitrogens with zero attached hydrogens (tertiary/aromatic N) is 1. The van der Waals surface area contributed by atoms with Gasteiger partial charge in [-0.15, -0.1) is 0 Å². The molecule has 0 aliphatic heterocycles. The van der Waals surface area contributed by atoms with Gasteiger partial charge < -0.3 is 16.3 Å². The second-order valence-corrected chi connectivity index (χ2v) is 5.84. The van der Waals surface area contributed by atoms with Gasteiger partial charge in [-0.05, 0) is 30.7 Å². The van der Waals surface area contributed by atoms with Crippen LogP contribution in [0.2, 0.25) is 0 Å². The summed E-state index contributed by atoms with van der Waals surface area (Å²) in [6.45, 7) is 5.56. The molecule has 0 radical (unpaired) electrons. The Morgan fingerprint density at radius 3 is 2.56 bits per heavy atom. The normalized spacial score (nSPS) is 12.7. The molecule has 0 saturated heterocycles. The number of rotatable bonds is 6. The zero-order chi connectivity index (χ0) is 13.6. The Hall–Kier alpha value is -1.07. The van der Waals surface area contributed by atoms with E-state index in [0.29, 0.717) is 0 Å². The fourth-order valence-corrected chi connectivity index (χ4v) is 1.76. The van der Waals surface area contributed by atoms with Crippen molar-refractivity contribution in [1.82, 2.24) is 5.32 Å². The highest BCUT2D eigenvalue weighted by atomic mass is 79.9. The van der Waals surface area contributed by atoms with Gasteiger partial charge in [0.1, 0.15) is 5.84 Å². The predicted octanol–water partition coefficient (Wildman–Crippen LogP) is 2.70. The molecule has 5 heteroatoms. The summed E-state index contributed by atoms with van der Waals surface area (Å²) in [4.78, 5) is 0. The molecule has 0 aliphatic carbocycles. The monoisotopic (exact) mass is 313 g/mol. The Morgan fingerprint density at radius 2 is 2.00 bits per heavy atom. The number of halogens is 1. The van der Waals surface area contributed by atoms with Crippen LogP contribution in [0.15, 0.2) is 33.9 Å². The van der Waals surface area contributed by atoms with Crippen LogP contribution in [-0.4, -0.2) is 17.6 Å². The highest BCUT2D eigenvalue weighted by molar-refractivity contribution is 9.10. The maximum Gasteiger partial charge on any atom is 0.144 e. The van der Waals surface area contributed by atoms with Crippen molar-refractivity contribution in [1.29, 1.82) is 0 Å². The molecule has 0 aromatic heterocycles. The molecule has 1 rings (SSSR count). The molecule has 0 amide bonds. The van der Waals surface area contributed by atoms with E-state index in [2.05, 4.69) is 38.5 Å². The Balaban J connectivity index is 2.33. The highest BCUT2D eigenvalue weighted by Gasteiger charge is 2.22. The average molecular weight is 314 g/mol. The molecule has 0 atom stereocenters. The maximum atomic E-state index is 8.67. The zero-order valence-corrected chi connectivity index (χ0v) is 12.4. The van der Waals surface area contributed by atoms with Crippen LogP contribution in [0.5, 0.6) is 0 Å². The molecule has 0 bridgehead atoms. The second kappa shape index (κ2) is 6.75. The smallest absolute Gasteiger partial charge is 0.144 e. The van der Waals surface area contributed by atoms with Crippen molar-refractivity contribution in [2.24, 2.45) is 16.3 Å². The van der Waals surface area contributed by atoms with Gasteiger partial charge in [0.2, 0.25) is 0 Å². The van der Waals surface area contributed by atoms with E-state index in [4.69, 9.17) is 10.9 Å². The van der Waals surface area contributed by atoms with Crippen molar-refractivity contribution < 1.29 is 5.21 Å². The second-order valence-electron chi connectivity index (χ2n) is 4.92. The van der Waals surface area contributed by atoms with E-state index < -0.39 is 0 Å². The van der Waals surface area contributed by atoms with Crippen molar-refractivity contribution in [2.45, 2.75) is 26.8 Å². The van der Waals surface area contributed by atoms with E-state index >= 15 is 0 Å². The maximum absolute atomic E-state index is 8.67. The lowest BCUT2D eigenvalue weighted by molar-refractivity contribution is 0.305. The number of hydrogen-bond acceptors (Lipinski definition) is 3. The van der Waals surface area contributed by atoms with Crippen LogP contribution in [0.1, 0.15) is 25.8 Å². The first-order valence-corrected chi connectivity index (χ1v) is 6.68. The molecule has 4 N–H and O–H groups in total. The summed E-state index contributed by atoms with van der Waals surface area (Å²) in [6.07, 6.45) is 0.819. The van der Waals surface area contributed by atoms with E-state index in [1.807, 2.05) is 26.0 Å². The Kier molecular flexibility index (Phi) is 5.62. The molecule has 1 aromatic carbocycles. The van der Waals surface area contributed by atoms with Gasteiger partial charge in [-0.3, -0.25) is 0 Å². The summed E-state index contributed by atoms with van der Waals surface area (Å²) in [5, 5.41) is 15.1. The van der Waals surface area contributed by atoms with Gasteiger partial charge in [-0.2, -0.15) is 0 Å². The largest absolute Gasteiger partial charge is 0.409 e. The summed E-state index contributed by atoms with van der Waals surface area (Å²) in [5.74, 6) is 0.271. The van der Waals surface area contributed by atoms with Crippen molar-refractivity contribution in [3.8, 4) is 0 Å². The molecule has 0 spiro atoms. The minimum atomic E-state index is -0.290. The molecule has 0 unspecified atom stereocenters. The summed E-state index contributed by atoms with van der Waals surface area (Å²) in [6, 6.07) is 8.20. The fraction of sp³-hybridized carbons (Fsp3) is 0.462. The Labute approximate surface area is 116 Å². The number of benzene rings is 1. The zero-order valence-electron chi connectivity index (χ0n) is 10.8. The highest BCUT2D eigenvalue weighted by Crippen LogP contribution is 2.19. The molecule has 18 heavy (non-hydrogen) atoms. The van der Waals surface area contributed by atoms with Gasteiger partial charge in [0.15, 0.2) is 0 Å². The minimum absolute atomic E-state index is 0.271. The van der Waals surface area contributed by atoms with Crippen LogP contribution in [0.4, 0.5) is 0 Å². The van der Waals surface area contributed by atoms with Gasteiger partial charge >= 0.3 is 0 Å². The number of nitrogens with two attached hydrogens (primary N) is 1. The molecule has 0 saturated carbocycles. The standard InChI is InChI=1S/C13H20BrN3O/c1-13(2,12(15)17-18)7-8-16-9-10-3-5-11(14)6-4-10/h3-6,16,18H,7-9H2,1-2H3,(H2,15,17). The molecular weight excluding hydrogens is 294 g/mol.